The van der Waals surface area contributed by atoms with Crippen LogP contribution in [0.1, 0.15) is 17.5 Å². The van der Waals surface area contributed by atoms with Gasteiger partial charge in [-0.05, 0) is 36.1 Å². The molecule has 22 heavy (non-hydrogen) atoms. The van der Waals surface area contributed by atoms with E-state index in [0.29, 0.717) is 11.6 Å². The summed E-state index contributed by atoms with van der Waals surface area (Å²) in [4.78, 5) is 22.4. The van der Waals surface area contributed by atoms with Gasteiger partial charge in [0.15, 0.2) is 5.96 Å². The predicted molar refractivity (Wildman–Crippen MR) is 87.4 cm³/mol. The smallest absolute Gasteiger partial charge is 0.231 e. The monoisotopic (exact) mass is 313 g/mol. The predicted octanol–water partition coefficient (Wildman–Crippen LogP) is 1.55. The van der Waals surface area contributed by atoms with E-state index in [4.69, 9.17) is 11.5 Å². The van der Waals surface area contributed by atoms with E-state index in [1.165, 1.54) is 16.9 Å². The van der Waals surface area contributed by atoms with Crippen LogP contribution >= 0.6 is 11.3 Å². The second-order valence-corrected chi connectivity index (χ2v) is 6.36. The highest BCUT2D eigenvalue weighted by atomic mass is 32.1. The lowest BCUT2D eigenvalue weighted by Gasteiger charge is -2.25. The Labute approximate surface area is 131 Å². The quantitative estimate of drug-likeness (QED) is 0.649. The number of carbonyl (C=O) groups excluding carboxylic acids is 1. The van der Waals surface area contributed by atoms with Crippen molar-refractivity contribution >= 4 is 34.0 Å². The number of anilines is 1. The Kier molecular flexibility index (Phi) is 2.90. The van der Waals surface area contributed by atoms with E-state index in [1.54, 1.807) is 0 Å². The second-order valence-electron chi connectivity index (χ2n) is 5.52. The Morgan fingerprint density at radius 1 is 1.32 bits per heavy atom. The summed E-state index contributed by atoms with van der Waals surface area (Å²) in [6, 6.07) is 4.20. The fraction of sp³-hybridized carbons (Fsp3) is 0.267. The molecule has 0 radical (unpaired) electrons. The standard InChI is InChI=1S/C15H15N5OS/c16-14(17)19-15-18-11(7-22-15)9-4-8-2-1-3-20-12(21)6-10(5-9)13(8)20/h4-5,7H,1-3,6H2,(H4,16,17,18,19). The molecule has 0 saturated carbocycles. The lowest BCUT2D eigenvalue weighted by atomic mass is 9.96. The number of hydrogen-bond donors (Lipinski definition) is 2. The van der Waals surface area contributed by atoms with Crippen molar-refractivity contribution in [3.63, 3.8) is 0 Å². The van der Waals surface area contributed by atoms with Crippen molar-refractivity contribution in [1.82, 2.24) is 4.98 Å². The number of benzene rings is 1. The SMILES string of the molecule is NC(N)=Nc1nc(-c2cc3c4c(c2)CC(=O)N4CCC3)cs1. The molecule has 0 fully saturated rings. The molecule has 7 heteroatoms. The molecule has 2 aliphatic rings. The molecule has 0 unspecified atom stereocenters. The number of amides is 1. The van der Waals surface area contributed by atoms with Gasteiger partial charge in [-0.2, -0.15) is 4.99 Å². The molecule has 2 aromatic rings. The number of guanidine groups is 1. The maximum absolute atomic E-state index is 12.1. The van der Waals surface area contributed by atoms with Gasteiger partial charge < -0.3 is 16.4 Å². The topological polar surface area (TPSA) is 97.6 Å². The number of hydrogen-bond acceptors (Lipinski definition) is 4. The first-order valence-corrected chi connectivity index (χ1v) is 8.01. The summed E-state index contributed by atoms with van der Waals surface area (Å²) in [6.07, 6.45) is 2.50. The number of aromatic nitrogens is 1. The minimum Gasteiger partial charge on any atom is -0.370 e. The highest BCUT2D eigenvalue weighted by molar-refractivity contribution is 7.13. The van der Waals surface area contributed by atoms with Crippen LogP contribution in [0.4, 0.5) is 10.8 Å². The van der Waals surface area contributed by atoms with Gasteiger partial charge in [-0.15, -0.1) is 11.3 Å². The molecule has 2 aliphatic heterocycles. The number of aliphatic imine (C=N–C) groups is 1. The zero-order valence-electron chi connectivity index (χ0n) is 11.9. The largest absolute Gasteiger partial charge is 0.370 e. The number of rotatable bonds is 2. The van der Waals surface area contributed by atoms with E-state index in [0.717, 1.165) is 41.9 Å². The summed E-state index contributed by atoms with van der Waals surface area (Å²) >= 11 is 1.40. The molecule has 3 heterocycles. The van der Waals surface area contributed by atoms with Gasteiger partial charge in [-0.1, -0.05) is 0 Å². The number of nitrogens with zero attached hydrogens (tertiary/aromatic N) is 3. The van der Waals surface area contributed by atoms with Crippen LogP contribution in [0, 0.1) is 0 Å². The first-order chi connectivity index (χ1) is 10.6. The van der Waals surface area contributed by atoms with Gasteiger partial charge >= 0.3 is 0 Å². The van der Waals surface area contributed by atoms with Gasteiger partial charge in [0.1, 0.15) is 0 Å². The summed E-state index contributed by atoms with van der Waals surface area (Å²) in [5.74, 6) is 0.207. The first kappa shape index (κ1) is 13.3. The summed E-state index contributed by atoms with van der Waals surface area (Å²) in [7, 11) is 0. The van der Waals surface area contributed by atoms with Crippen LogP contribution in [-0.2, 0) is 17.6 Å². The maximum atomic E-state index is 12.1. The molecule has 0 atom stereocenters. The molecule has 0 saturated heterocycles. The van der Waals surface area contributed by atoms with Crippen LogP contribution in [-0.4, -0.2) is 23.4 Å². The zero-order chi connectivity index (χ0) is 15.3. The fourth-order valence-corrected chi connectivity index (χ4v) is 3.90. The van der Waals surface area contributed by atoms with Gasteiger partial charge in [-0.3, -0.25) is 4.79 Å². The van der Waals surface area contributed by atoms with Crippen molar-refractivity contribution in [3.8, 4) is 11.3 Å². The van der Waals surface area contributed by atoms with Crippen molar-refractivity contribution < 1.29 is 4.79 Å². The van der Waals surface area contributed by atoms with Crippen molar-refractivity contribution in [2.75, 3.05) is 11.4 Å². The van der Waals surface area contributed by atoms with E-state index in [9.17, 15) is 4.79 Å². The highest BCUT2D eigenvalue weighted by Gasteiger charge is 2.32. The van der Waals surface area contributed by atoms with E-state index in [-0.39, 0.29) is 11.9 Å². The summed E-state index contributed by atoms with van der Waals surface area (Å²) in [5.41, 5.74) is 16.1. The lowest BCUT2D eigenvalue weighted by Crippen LogP contribution is -2.31. The average molecular weight is 313 g/mol. The average Bonchev–Trinajstić information content (AvgIpc) is 3.05. The number of nitrogens with two attached hydrogens (primary N) is 2. The highest BCUT2D eigenvalue weighted by Crippen LogP contribution is 2.40. The van der Waals surface area contributed by atoms with Crippen molar-refractivity contribution in [2.45, 2.75) is 19.3 Å². The molecule has 4 N–H and O–H groups in total. The number of aryl methyl sites for hydroxylation is 1. The molecule has 112 valence electrons. The van der Waals surface area contributed by atoms with Gasteiger partial charge in [0, 0.05) is 17.5 Å². The van der Waals surface area contributed by atoms with Crippen molar-refractivity contribution in [3.05, 3.63) is 28.6 Å². The van der Waals surface area contributed by atoms with E-state index >= 15 is 0 Å². The van der Waals surface area contributed by atoms with Crippen molar-refractivity contribution in [2.24, 2.45) is 16.5 Å². The number of carbonyl (C=O) groups is 1. The van der Waals surface area contributed by atoms with Crippen LogP contribution in [0.2, 0.25) is 0 Å². The summed E-state index contributed by atoms with van der Waals surface area (Å²) < 4.78 is 0. The Bertz CT molecular complexity index is 806. The second kappa shape index (κ2) is 4.81. The molecule has 1 aromatic carbocycles. The van der Waals surface area contributed by atoms with Crippen LogP contribution in [0.3, 0.4) is 0 Å². The van der Waals surface area contributed by atoms with E-state index < -0.39 is 0 Å². The zero-order valence-corrected chi connectivity index (χ0v) is 12.7. The summed E-state index contributed by atoms with van der Waals surface area (Å²) in [5, 5.41) is 2.48. The van der Waals surface area contributed by atoms with Crippen LogP contribution in [0.5, 0.6) is 0 Å². The minimum absolute atomic E-state index is 0.00573. The van der Waals surface area contributed by atoms with Crippen LogP contribution < -0.4 is 16.4 Å². The van der Waals surface area contributed by atoms with E-state index in [2.05, 4.69) is 22.1 Å². The van der Waals surface area contributed by atoms with Gasteiger partial charge in [0.25, 0.3) is 0 Å². The lowest BCUT2D eigenvalue weighted by molar-refractivity contribution is -0.117. The van der Waals surface area contributed by atoms with Gasteiger partial charge in [0.2, 0.25) is 11.0 Å². The molecule has 4 rings (SSSR count). The molecular weight excluding hydrogens is 298 g/mol. The maximum Gasteiger partial charge on any atom is 0.231 e. The van der Waals surface area contributed by atoms with E-state index in [1.807, 2.05) is 10.3 Å². The molecule has 1 aromatic heterocycles. The Balaban J connectivity index is 1.79. The third kappa shape index (κ3) is 2.05. The van der Waals surface area contributed by atoms with Crippen LogP contribution in [0.25, 0.3) is 11.3 Å². The van der Waals surface area contributed by atoms with Gasteiger partial charge in [0.05, 0.1) is 17.8 Å². The third-order valence-electron chi connectivity index (χ3n) is 4.02. The molecule has 0 spiro atoms. The molecular formula is C15H15N5OS. The van der Waals surface area contributed by atoms with Crippen molar-refractivity contribution in [1.29, 1.82) is 0 Å². The number of thiazole rings is 1. The summed E-state index contributed by atoms with van der Waals surface area (Å²) in [6.45, 7) is 0.837. The Hall–Kier alpha value is -2.41. The molecule has 6 nitrogen and oxygen atoms in total. The Morgan fingerprint density at radius 3 is 2.95 bits per heavy atom. The molecule has 0 bridgehead atoms. The fourth-order valence-electron chi connectivity index (χ4n) is 3.19. The van der Waals surface area contributed by atoms with Gasteiger partial charge in [-0.25, -0.2) is 4.98 Å². The molecule has 1 amide bonds. The normalized spacial score (nSPS) is 15.8. The molecule has 0 aliphatic carbocycles. The van der Waals surface area contributed by atoms with Crippen LogP contribution in [0.15, 0.2) is 22.5 Å². The first-order valence-electron chi connectivity index (χ1n) is 7.13. The third-order valence-corrected chi connectivity index (χ3v) is 4.76. The Morgan fingerprint density at radius 2 is 2.14 bits per heavy atom. The minimum atomic E-state index is 0.00573.